The van der Waals surface area contributed by atoms with Gasteiger partial charge < -0.3 is 15.4 Å². The summed E-state index contributed by atoms with van der Waals surface area (Å²) in [7, 11) is -1.56. The predicted octanol–water partition coefficient (Wildman–Crippen LogP) is 1.60. The molecule has 1 fully saturated rings. The van der Waals surface area contributed by atoms with E-state index in [4.69, 9.17) is 16.3 Å². The molecule has 0 aliphatic carbocycles. The van der Waals surface area contributed by atoms with Gasteiger partial charge in [0.25, 0.3) is 0 Å². The van der Waals surface area contributed by atoms with Crippen molar-refractivity contribution in [3.63, 3.8) is 0 Å². The topological polar surface area (TPSA) is 79.8 Å². The standard InChI is InChI=1S/C16H24ClN3O3S/c1-18-15(19-11-13-5-3-4-6-14(13)17)20-12-16(24(2,21)22)7-9-23-10-8-16/h3-6H,7-12H2,1-2H3,(H2,18,19,20). The lowest BCUT2D eigenvalue weighted by atomic mass is 9.99. The molecule has 0 aromatic heterocycles. The normalized spacial score (nSPS) is 18.2. The molecule has 1 aromatic carbocycles. The monoisotopic (exact) mass is 373 g/mol. The number of hydrogen-bond donors (Lipinski definition) is 2. The van der Waals surface area contributed by atoms with E-state index in [-0.39, 0.29) is 0 Å². The van der Waals surface area contributed by atoms with Crippen molar-refractivity contribution >= 4 is 27.4 Å². The van der Waals surface area contributed by atoms with Crippen molar-refractivity contribution < 1.29 is 13.2 Å². The lowest BCUT2D eigenvalue weighted by Gasteiger charge is -2.35. The maximum Gasteiger partial charge on any atom is 0.191 e. The molecule has 1 saturated heterocycles. The highest BCUT2D eigenvalue weighted by molar-refractivity contribution is 7.92. The van der Waals surface area contributed by atoms with Crippen molar-refractivity contribution in [3.05, 3.63) is 34.9 Å². The van der Waals surface area contributed by atoms with Gasteiger partial charge in [0.1, 0.15) is 0 Å². The lowest BCUT2D eigenvalue weighted by Crippen LogP contribution is -2.53. The molecule has 0 saturated carbocycles. The zero-order valence-electron chi connectivity index (χ0n) is 14.0. The molecule has 0 radical (unpaired) electrons. The van der Waals surface area contributed by atoms with Crippen LogP contribution in [-0.4, -0.2) is 52.2 Å². The molecule has 6 nitrogen and oxygen atoms in total. The highest BCUT2D eigenvalue weighted by Crippen LogP contribution is 2.28. The minimum absolute atomic E-state index is 0.303. The van der Waals surface area contributed by atoms with Crippen LogP contribution < -0.4 is 10.6 Å². The maximum absolute atomic E-state index is 12.3. The first-order valence-electron chi connectivity index (χ1n) is 7.83. The van der Waals surface area contributed by atoms with Gasteiger partial charge in [0.2, 0.25) is 0 Å². The number of nitrogens with zero attached hydrogens (tertiary/aromatic N) is 1. The van der Waals surface area contributed by atoms with Crippen LogP contribution in [0.3, 0.4) is 0 Å². The Balaban J connectivity index is 1.98. The molecule has 2 N–H and O–H groups in total. The second-order valence-electron chi connectivity index (χ2n) is 5.94. The summed E-state index contributed by atoms with van der Waals surface area (Å²) in [6, 6.07) is 7.55. The van der Waals surface area contributed by atoms with Crippen LogP contribution in [0.15, 0.2) is 29.3 Å². The Labute approximate surface area is 148 Å². The molecule has 0 amide bonds. The van der Waals surface area contributed by atoms with Crippen LogP contribution in [0.1, 0.15) is 18.4 Å². The Bertz CT molecular complexity index is 686. The van der Waals surface area contributed by atoms with Gasteiger partial charge in [-0.2, -0.15) is 0 Å². The molecular formula is C16H24ClN3O3S. The molecule has 0 spiro atoms. The van der Waals surface area contributed by atoms with Gasteiger partial charge >= 0.3 is 0 Å². The average molecular weight is 374 g/mol. The lowest BCUT2D eigenvalue weighted by molar-refractivity contribution is 0.0756. The Morgan fingerprint density at radius 1 is 1.29 bits per heavy atom. The number of benzene rings is 1. The summed E-state index contributed by atoms with van der Waals surface area (Å²) in [6.07, 6.45) is 2.26. The first-order chi connectivity index (χ1) is 11.4. The smallest absolute Gasteiger partial charge is 0.191 e. The summed E-state index contributed by atoms with van der Waals surface area (Å²) >= 11 is 6.14. The fourth-order valence-corrected chi connectivity index (χ4v) is 4.15. The number of rotatable bonds is 5. The first kappa shape index (κ1) is 19.0. The van der Waals surface area contributed by atoms with Crippen molar-refractivity contribution in [1.29, 1.82) is 0 Å². The van der Waals surface area contributed by atoms with E-state index in [0.29, 0.717) is 50.1 Å². The van der Waals surface area contributed by atoms with Gasteiger partial charge in [0.05, 0.1) is 4.75 Å². The van der Waals surface area contributed by atoms with Gasteiger partial charge in [-0.05, 0) is 24.5 Å². The van der Waals surface area contributed by atoms with Gasteiger partial charge in [-0.3, -0.25) is 4.99 Å². The van der Waals surface area contributed by atoms with Crippen LogP contribution in [-0.2, 0) is 21.1 Å². The molecule has 0 atom stereocenters. The molecule has 24 heavy (non-hydrogen) atoms. The Kier molecular flexibility index (Phi) is 6.48. The fraction of sp³-hybridized carbons (Fsp3) is 0.562. The molecule has 134 valence electrons. The second-order valence-corrected chi connectivity index (χ2v) is 8.76. The van der Waals surface area contributed by atoms with E-state index in [1.807, 2.05) is 24.3 Å². The minimum Gasteiger partial charge on any atom is -0.381 e. The summed E-state index contributed by atoms with van der Waals surface area (Å²) in [6.45, 7) is 1.73. The molecule has 2 rings (SSSR count). The first-order valence-corrected chi connectivity index (χ1v) is 10.1. The van der Waals surface area contributed by atoms with E-state index in [9.17, 15) is 8.42 Å². The SMILES string of the molecule is CN=C(NCc1ccccc1Cl)NCC1(S(C)(=O)=O)CCOCC1. The van der Waals surface area contributed by atoms with E-state index in [1.165, 1.54) is 6.26 Å². The van der Waals surface area contributed by atoms with Crippen LogP contribution in [0.25, 0.3) is 0 Å². The van der Waals surface area contributed by atoms with E-state index in [2.05, 4.69) is 15.6 Å². The van der Waals surface area contributed by atoms with Gasteiger partial charge in [0.15, 0.2) is 15.8 Å². The molecule has 1 aliphatic rings. The maximum atomic E-state index is 12.3. The number of sulfone groups is 1. The van der Waals surface area contributed by atoms with Gasteiger partial charge in [-0.25, -0.2) is 8.42 Å². The summed E-state index contributed by atoms with van der Waals surface area (Å²) in [4.78, 5) is 4.16. The van der Waals surface area contributed by atoms with E-state index >= 15 is 0 Å². The third-order valence-electron chi connectivity index (χ3n) is 4.40. The van der Waals surface area contributed by atoms with Crippen LogP contribution in [0.2, 0.25) is 5.02 Å². The number of hydrogen-bond acceptors (Lipinski definition) is 4. The largest absolute Gasteiger partial charge is 0.381 e. The Morgan fingerprint density at radius 3 is 2.54 bits per heavy atom. The van der Waals surface area contributed by atoms with Gasteiger partial charge in [0, 0.05) is 44.6 Å². The minimum atomic E-state index is -3.21. The Hall–Kier alpha value is -1.31. The highest BCUT2D eigenvalue weighted by Gasteiger charge is 2.42. The van der Waals surface area contributed by atoms with Crippen molar-refractivity contribution in [2.45, 2.75) is 24.1 Å². The van der Waals surface area contributed by atoms with Gasteiger partial charge in [-0.15, -0.1) is 0 Å². The number of halogens is 1. The number of nitrogens with one attached hydrogen (secondary N) is 2. The molecule has 0 bridgehead atoms. The third-order valence-corrected chi connectivity index (χ3v) is 6.89. The zero-order chi connectivity index (χ0) is 17.6. The summed E-state index contributed by atoms with van der Waals surface area (Å²) < 4.78 is 29.0. The average Bonchev–Trinajstić information content (AvgIpc) is 2.56. The third kappa shape index (κ3) is 4.62. The van der Waals surface area contributed by atoms with Crippen LogP contribution in [0.4, 0.5) is 0 Å². The molecule has 0 unspecified atom stereocenters. The van der Waals surface area contributed by atoms with Crippen molar-refractivity contribution in [1.82, 2.24) is 10.6 Å². The predicted molar refractivity (Wildman–Crippen MR) is 97.3 cm³/mol. The van der Waals surface area contributed by atoms with Crippen LogP contribution in [0, 0.1) is 0 Å². The fourth-order valence-electron chi connectivity index (χ4n) is 2.71. The second kappa shape index (κ2) is 8.18. The molecule has 1 aliphatic heterocycles. The molecule has 1 aromatic rings. The van der Waals surface area contributed by atoms with Crippen LogP contribution >= 0.6 is 11.6 Å². The summed E-state index contributed by atoms with van der Waals surface area (Å²) in [5, 5.41) is 6.98. The number of ether oxygens (including phenoxy) is 1. The van der Waals surface area contributed by atoms with E-state index < -0.39 is 14.6 Å². The quantitative estimate of drug-likeness (QED) is 0.605. The van der Waals surface area contributed by atoms with Crippen molar-refractivity contribution in [2.75, 3.05) is 33.1 Å². The molecular weight excluding hydrogens is 350 g/mol. The van der Waals surface area contributed by atoms with Crippen molar-refractivity contribution in [2.24, 2.45) is 4.99 Å². The van der Waals surface area contributed by atoms with E-state index in [0.717, 1.165) is 5.56 Å². The summed E-state index contributed by atoms with van der Waals surface area (Å²) in [5.74, 6) is 0.546. The number of guanidine groups is 1. The van der Waals surface area contributed by atoms with Gasteiger partial charge in [-0.1, -0.05) is 29.8 Å². The summed E-state index contributed by atoms with van der Waals surface area (Å²) in [5.41, 5.74) is 0.950. The number of aliphatic imine (C=N–C) groups is 1. The van der Waals surface area contributed by atoms with Crippen molar-refractivity contribution in [3.8, 4) is 0 Å². The van der Waals surface area contributed by atoms with E-state index in [1.54, 1.807) is 7.05 Å². The highest BCUT2D eigenvalue weighted by atomic mass is 35.5. The Morgan fingerprint density at radius 2 is 1.96 bits per heavy atom. The molecule has 8 heteroatoms. The zero-order valence-corrected chi connectivity index (χ0v) is 15.6. The van der Waals surface area contributed by atoms with Crippen LogP contribution in [0.5, 0.6) is 0 Å². The molecule has 1 heterocycles.